The molecule has 0 aliphatic carbocycles. The molecule has 9 heteroatoms. The second kappa shape index (κ2) is 7.75. The van der Waals surface area contributed by atoms with Gasteiger partial charge in [-0.25, -0.2) is 0 Å². The monoisotopic (exact) mass is 452 g/mol. The first-order valence-electron chi connectivity index (χ1n) is 9.79. The number of halogens is 4. The van der Waals surface area contributed by atoms with E-state index in [4.69, 9.17) is 16.3 Å². The van der Waals surface area contributed by atoms with Crippen LogP contribution in [0.5, 0.6) is 5.75 Å². The molecule has 2 atom stereocenters. The highest BCUT2D eigenvalue weighted by molar-refractivity contribution is 6.30. The molecule has 1 N–H and O–H groups in total. The minimum absolute atomic E-state index is 0.0733. The number of rotatable bonds is 3. The minimum atomic E-state index is -4.46. The molecule has 1 saturated heterocycles. The van der Waals surface area contributed by atoms with Gasteiger partial charge >= 0.3 is 6.18 Å². The van der Waals surface area contributed by atoms with Crippen molar-refractivity contribution in [2.45, 2.75) is 37.4 Å². The van der Waals surface area contributed by atoms with Gasteiger partial charge in [0.25, 0.3) is 0 Å². The molecule has 0 saturated carbocycles. The molecule has 0 radical (unpaired) electrons. The Morgan fingerprint density at radius 3 is 2.58 bits per heavy atom. The highest BCUT2D eigenvalue weighted by atomic mass is 35.5. The molecule has 2 aliphatic heterocycles. The van der Waals surface area contributed by atoms with Crippen LogP contribution in [0.3, 0.4) is 0 Å². The zero-order valence-corrected chi connectivity index (χ0v) is 17.4. The van der Waals surface area contributed by atoms with Gasteiger partial charge in [0.2, 0.25) is 11.8 Å². The van der Waals surface area contributed by atoms with Crippen LogP contribution >= 0.6 is 11.6 Å². The molecule has 5 nitrogen and oxygen atoms in total. The number of fused-ring (bicyclic) bond motifs is 2. The third kappa shape index (κ3) is 4.08. The number of likely N-dealkylation sites (tertiary alicyclic amines) is 1. The Kier molecular flexibility index (Phi) is 5.37. The Hall–Kier alpha value is -2.74. The Morgan fingerprint density at radius 2 is 1.94 bits per heavy atom. The molecule has 0 unspecified atom stereocenters. The number of benzene rings is 2. The zero-order chi connectivity index (χ0) is 22.4. The maximum Gasteiger partial charge on any atom is 0.416 e. The molecule has 2 aromatic carbocycles. The van der Waals surface area contributed by atoms with E-state index >= 15 is 0 Å². The average Bonchev–Trinajstić information content (AvgIpc) is 3.06. The van der Waals surface area contributed by atoms with Crippen molar-refractivity contribution < 1.29 is 27.5 Å². The van der Waals surface area contributed by atoms with Crippen LogP contribution in [0.15, 0.2) is 42.5 Å². The summed E-state index contributed by atoms with van der Waals surface area (Å²) in [5, 5.41) is 3.31. The lowest BCUT2D eigenvalue weighted by atomic mass is 9.73. The van der Waals surface area contributed by atoms with E-state index in [9.17, 15) is 22.8 Å². The molecule has 2 aliphatic rings. The van der Waals surface area contributed by atoms with Gasteiger partial charge in [-0.1, -0.05) is 17.7 Å². The minimum Gasteiger partial charge on any atom is -0.492 e. The third-order valence-corrected chi connectivity index (χ3v) is 6.24. The van der Waals surface area contributed by atoms with E-state index in [0.717, 1.165) is 12.1 Å². The van der Waals surface area contributed by atoms with Crippen molar-refractivity contribution in [3.8, 4) is 5.75 Å². The molecule has 0 aromatic heterocycles. The van der Waals surface area contributed by atoms with Crippen LogP contribution in [-0.2, 0) is 21.2 Å². The predicted octanol–water partition coefficient (Wildman–Crippen LogP) is 4.64. The first-order chi connectivity index (χ1) is 14.6. The fourth-order valence-corrected chi connectivity index (χ4v) is 4.30. The number of nitrogens with one attached hydrogen (secondary N) is 1. The van der Waals surface area contributed by atoms with Crippen molar-refractivity contribution in [2.75, 3.05) is 18.5 Å². The van der Waals surface area contributed by atoms with Gasteiger partial charge in [0.1, 0.15) is 11.8 Å². The molecule has 4 rings (SSSR count). The van der Waals surface area contributed by atoms with Crippen LogP contribution in [-0.4, -0.2) is 35.9 Å². The quantitative estimate of drug-likeness (QED) is 0.738. The first-order valence-corrected chi connectivity index (χ1v) is 10.2. The number of anilines is 1. The number of carbonyl (C=O) groups is 2. The summed E-state index contributed by atoms with van der Waals surface area (Å²) in [7, 11) is 0. The molecule has 164 valence electrons. The topological polar surface area (TPSA) is 58.6 Å². The van der Waals surface area contributed by atoms with E-state index < -0.39 is 23.2 Å². The summed E-state index contributed by atoms with van der Waals surface area (Å²) in [6, 6.07) is 9.36. The fraction of sp³-hybridized carbons (Fsp3) is 0.364. The Labute approximate surface area is 182 Å². The van der Waals surface area contributed by atoms with Crippen molar-refractivity contribution in [2.24, 2.45) is 0 Å². The summed E-state index contributed by atoms with van der Waals surface area (Å²) in [4.78, 5) is 27.0. The van der Waals surface area contributed by atoms with Crippen LogP contribution < -0.4 is 10.1 Å². The maximum atomic E-state index is 13.0. The summed E-state index contributed by atoms with van der Waals surface area (Å²) in [6.07, 6.45) is -3.89. The molecule has 1 spiro atoms. The number of hydrogen-bond acceptors (Lipinski definition) is 3. The summed E-state index contributed by atoms with van der Waals surface area (Å²) in [5.41, 5.74) is -0.258. The molecule has 0 bridgehead atoms. The largest absolute Gasteiger partial charge is 0.492 e. The highest BCUT2D eigenvalue weighted by Crippen LogP contribution is 2.47. The molecule has 31 heavy (non-hydrogen) atoms. The molecular formula is C22H20ClF3N2O3. The number of hydrogen-bond donors (Lipinski definition) is 1. The molecular weight excluding hydrogens is 433 g/mol. The van der Waals surface area contributed by atoms with E-state index in [2.05, 4.69) is 5.32 Å². The number of ether oxygens (including phenoxy) is 1. The lowest BCUT2D eigenvalue weighted by molar-refractivity contribution is -0.142. The van der Waals surface area contributed by atoms with Crippen molar-refractivity contribution in [3.05, 3.63) is 58.6 Å². The number of piperidine rings is 1. The van der Waals surface area contributed by atoms with E-state index in [-0.39, 0.29) is 30.6 Å². The predicted molar refractivity (Wildman–Crippen MR) is 109 cm³/mol. The van der Waals surface area contributed by atoms with Crippen molar-refractivity contribution >= 4 is 29.1 Å². The van der Waals surface area contributed by atoms with Crippen molar-refractivity contribution in [1.29, 1.82) is 0 Å². The smallest absolute Gasteiger partial charge is 0.416 e. The van der Waals surface area contributed by atoms with Crippen molar-refractivity contribution in [3.63, 3.8) is 0 Å². The van der Waals surface area contributed by atoms with Crippen LogP contribution in [0.1, 0.15) is 30.9 Å². The van der Waals surface area contributed by atoms with Crippen LogP contribution in [0.25, 0.3) is 0 Å². The summed E-state index contributed by atoms with van der Waals surface area (Å²) in [5.74, 6) is -0.393. The van der Waals surface area contributed by atoms with Gasteiger partial charge < -0.3 is 15.0 Å². The lowest BCUT2D eigenvalue weighted by Crippen LogP contribution is -2.53. The Balaban J connectivity index is 1.46. The molecule has 1 fully saturated rings. The number of carbonyl (C=O) groups excluding carboxylic acids is 2. The number of alkyl halides is 3. The number of nitrogens with zero attached hydrogens (tertiary/aromatic N) is 1. The van der Waals surface area contributed by atoms with Crippen LogP contribution in [0.2, 0.25) is 5.02 Å². The van der Waals surface area contributed by atoms with Gasteiger partial charge in [0, 0.05) is 34.7 Å². The fourth-order valence-electron chi connectivity index (χ4n) is 4.17. The second-order valence-corrected chi connectivity index (χ2v) is 8.40. The second-order valence-electron chi connectivity index (χ2n) is 7.96. The molecule has 2 amide bonds. The van der Waals surface area contributed by atoms with Gasteiger partial charge in [0.05, 0.1) is 12.2 Å². The summed E-state index contributed by atoms with van der Waals surface area (Å²) >= 11 is 5.85. The van der Waals surface area contributed by atoms with Crippen LogP contribution in [0, 0.1) is 0 Å². The van der Waals surface area contributed by atoms with Gasteiger partial charge in [-0.2, -0.15) is 13.2 Å². The summed E-state index contributed by atoms with van der Waals surface area (Å²) < 4.78 is 44.5. The van der Waals surface area contributed by atoms with Crippen LogP contribution in [0.4, 0.5) is 18.9 Å². The molecule has 2 heterocycles. The van der Waals surface area contributed by atoms with Gasteiger partial charge in [-0.3, -0.25) is 9.59 Å². The van der Waals surface area contributed by atoms with E-state index in [1.54, 1.807) is 31.2 Å². The maximum absolute atomic E-state index is 13.0. The van der Waals surface area contributed by atoms with E-state index in [1.165, 1.54) is 11.0 Å². The highest BCUT2D eigenvalue weighted by Gasteiger charge is 2.48. The Bertz CT molecular complexity index is 1030. The lowest BCUT2D eigenvalue weighted by Gasteiger charge is -2.40. The summed E-state index contributed by atoms with van der Waals surface area (Å²) in [6.45, 7) is 2.10. The normalized spacial score (nSPS) is 21.6. The number of amides is 2. The third-order valence-electron chi connectivity index (χ3n) is 5.98. The molecule has 2 aromatic rings. The Morgan fingerprint density at radius 1 is 1.23 bits per heavy atom. The SMILES string of the molecule is C[C@@H](C(=O)Nc1ccc(Cl)cc1)N1CC[C@@]2(COc3cc(C(F)(F)F)ccc32)CC1=O. The van der Waals surface area contributed by atoms with E-state index in [1.807, 2.05) is 0 Å². The van der Waals surface area contributed by atoms with Gasteiger partial charge in [0.15, 0.2) is 0 Å². The average molecular weight is 453 g/mol. The van der Waals surface area contributed by atoms with Gasteiger partial charge in [-0.05, 0) is 49.7 Å². The van der Waals surface area contributed by atoms with E-state index in [0.29, 0.717) is 29.2 Å². The first kappa shape index (κ1) is 21.5. The van der Waals surface area contributed by atoms with Gasteiger partial charge in [-0.15, -0.1) is 0 Å². The van der Waals surface area contributed by atoms with Crippen molar-refractivity contribution in [1.82, 2.24) is 4.90 Å². The standard InChI is InChI=1S/C22H20ClF3N2O3/c1-13(20(30)27-16-5-3-15(23)4-6-16)28-9-8-21(11-19(28)29)12-31-18-10-14(22(24,25)26)2-7-17(18)21/h2-7,10,13H,8-9,11-12H2,1H3,(H,27,30)/t13-,21-/m0/s1. The zero-order valence-electron chi connectivity index (χ0n) is 16.6.